The van der Waals surface area contributed by atoms with Crippen LogP contribution in [0.2, 0.25) is 5.02 Å². The largest absolute Gasteiger partial charge is 0.419 e. The van der Waals surface area contributed by atoms with Gasteiger partial charge in [0.25, 0.3) is 0 Å². The molecule has 4 rings (SSSR count). The van der Waals surface area contributed by atoms with E-state index in [1.54, 1.807) is 0 Å². The molecule has 0 saturated carbocycles. The molecule has 1 aromatic carbocycles. The van der Waals surface area contributed by atoms with Gasteiger partial charge < -0.3 is 4.42 Å². The van der Waals surface area contributed by atoms with E-state index in [1.807, 2.05) is 35.6 Å². The van der Waals surface area contributed by atoms with Gasteiger partial charge in [0.05, 0.1) is 6.54 Å². The van der Waals surface area contributed by atoms with Crippen molar-refractivity contribution in [2.24, 2.45) is 0 Å². The quantitative estimate of drug-likeness (QED) is 0.727. The van der Waals surface area contributed by atoms with Gasteiger partial charge in [-0.2, -0.15) is 0 Å². The Hall–Kier alpha value is -1.69. The first-order valence-corrected chi connectivity index (χ1v) is 8.39. The van der Waals surface area contributed by atoms with Gasteiger partial charge in [-0.25, -0.2) is 0 Å². The molecule has 0 radical (unpaired) electrons. The maximum Gasteiger partial charge on any atom is 0.247 e. The Bertz CT molecular complexity index is 798. The monoisotopic (exact) mass is 331 g/mol. The lowest BCUT2D eigenvalue weighted by atomic mass is 10.1. The van der Waals surface area contributed by atoms with Gasteiger partial charge >= 0.3 is 0 Å². The first-order chi connectivity index (χ1) is 10.8. The van der Waals surface area contributed by atoms with E-state index in [9.17, 15) is 0 Å². The van der Waals surface area contributed by atoms with Crippen LogP contribution in [-0.2, 0) is 19.5 Å². The Morgan fingerprint density at radius 3 is 3.14 bits per heavy atom. The summed E-state index contributed by atoms with van der Waals surface area (Å²) in [5.74, 6) is 1.17. The highest BCUT2D eigenvalue weighted by Crippen LogP contribution is 2.26. The van der Waals surface area contributed by atoms with Crippen LogP contribution in [0.25, 0.3) is 11.5 Å². The van der Waals surface area contributed by atoms with Crippen molar-refractivity contribution < 1.29 is 4.42 Å². The number of fused-ring (bicyclic) bond motifs is 1. The average molecular weight is 332 g/mol. The topological polar surface area (TPSA) is 42.2 Å². The molecule has 0 amide bonds. The van der Waals surface area contributed by atoms with Crippen LogP contribution in [-0.4, -0.2) is 21.6 Å². The Labute approximate surface area is 137 Å². The number of aromatic nitrogens is 2. The lowest BCUT2D eigenvalue weighted by molar-refractivity contribution is 0.225. The molecule has 1 aliphatic heterocycles. The summed E-state index contributed by atoms with van der Waals surface area (Å²) in [6.45, 7) is 2.67. The molecule has 0 unspecified atom stereocenters. The maximum absolute atomic E-state index is 6.00. The predicted octanol–water partition coefficient (Wildman–Crippen LogP) is 4.01. The number of benzene rings is 1. The Balaban J connectivity index is 1.49. The fourth-order valence-electron chi connectivity index (χ4n) is 2.67. The summed E-state index contributed by atoms with van der Waals surface area (Å²) < 4.78 is 5.78. The van der Waals surface area contributed by atoms with E-state index >= 15 is 0 Å². The summed E-state index contributed by atoms with van der Waals surface area (Å²) in [5, 5.41) is 11.1. The number of thiophene rings is 1. The van der Waals surface area contributed by atoms with Crippen molar-refractivity contribution in [1.29, 1.82) is 0 Å². The molecule has 0 spiro atoms. The summed E-state index contributed by atoms with van der Waals surface area (Å²) in [5.41, 5.74) is 2.33. The second-order valence-electron chi connectivity index (χ2n) is 5.34. The highest BCUT2D eigenvalue weighted by atomic mass is 35.5. The summed E-state index contributed by atoms with van der Waals surface area (Å²) >= 11 is 7.82. The molecule has 0 atom stereocenters. The molecule has 3 aromatic rings. The van der Waals surface area contributed by atoms with E-state index in [2.05, 4.69) is 26.5 Å². The van der Waals surface area contributed by atoms with Crippen LogP contribution in [0.5, 0.6) is 0 Å². The molecule has 0 fully saturated rings. The van der Waals surface area contributed by atoms with Crippen molar-refractivity contribution in [1.82, 2.24) is 15.1 Å². The van der Waals surface area contributed by atoms with Crippen LogP contribution < -0.4 is 0 Å². The molecular formula is C16H14ClN3OS. The second-order valence-corrected chi connectivity index (χ2v) is 6.78. The minimum atomic E-state index is 0.520. The highest BCUT2D eigenvalue weighted by molar-refractivity contribution is 7.10. The molecule has 6 heteroatoms. The van der Waals surface area contributed by atoms with Crippen molar-refractivity contribution in [3.05, 3.63) is 57.1 Å². The lowest BCUT2D eigenvalue weighted by Gasteiger charge is -2.24. The first kappa shape index (κ1) is 13.9. The third-order valence-electron chi connectivity index (χ3n) is 3.80. The molecule has 4 nitrogen and oxygen atoms in total. The van der Waals surface area contributed by atoms with E-state index in [1.165, 1.54) is 10.4 Å². The van der Waals surface area contributed by atoms with Gasteiger partial charge in [-0.05, 0) is 41.6 Å². The molecule has 22 heavy (non-hydrogen) atoms. The van der Waals surface area contributed by atoms with Gasteiger partial charge in [0.2, 0.25) is 11.8 Å². The molecule has 112 valence electrons. The SMILES string of the molecule is Clc1cccc(-c2nnc(CN3CCc4ccsc4C3)o2)c1. The minimum absolute atomic E-state index is 0.520. The zero-order valence-electron chi connectivity index (χ0n) is 11.8. The molecule has 3 heterocycles. The standard InChI is InChI=1S/C16H14ClN3OS/c17-13-3-1-2-12(8-13)16-19-18-15(21-16)10-20-6-4-11-5-7-22-14(11)9-20/h1-3,5,7-8H,4,6,9-10H2. The number of halogens is 1. The summed E-state index contributed by atoms with van der Waals surface area (Å²) in [7, 11) is 0. The lowest BCUT2D eigenvalue weighted by Crippen LogP contribution is -2.29. The van der Waals surface area contributed by atoms with Crippen LogP contribution in [0.1, 0.15) is 16.3 Å². The smallest absolute Gasteiger partial charge is 0.247 e. The normalized spacial score (nSPS) is 15.0. The van der Waals surface area contributed by atoms with Crippen LogP contribution in [0.15, 0.2) is 40.1 Å². The van der Waals surface area contributed by atoms with E-state index in [-0.39, 0.29) is 0 Å². The number of rotatable bonds is 3. The fraction of sp³-hybridized carbons (Fsp3) is 0.250. The minimum Gasteiger partial charge on any atom is -0.419 e. The average Bonchev–Trinajstić information content (AvgIpc) is 3.16. The predicted molar refractivity (Wildman–Crippen MR) is 86.9 cm³/mol. The van der Waals surface area contributed by atoms with Gasteiger partial charge in [0, 0.05) is 28.6 Å². The maximum atomic E-state index is 6.00. The van der Waals surface area contributed by atoms with Crippen LogP contribution in [0, 0.1) is 0 Å². The Morgan fingerprint density at radius 2 is 2.23 bits per heavy atom. The zero-order valence-corrected chi connectivity index (χ0v) is 13.4. The third-order valence-corrected chi connectivity index (χ3v) is 4.98. The number of hydrogen-bond donors (Lipinski definition) is 0. The first-order valence-electron chi connectivity index (χ1n) is 7.14. The fourth-order valence-corrected chi connectivity index (χ4v) is 3.84. The van der Waals surface area contributed by atoms with Crippen molar-refractivity contribution in [3.63, 3.8) is 0 Å². The Morgan fingerprint density at radius 1 is 1.27 bits per heavy atom. The van der Waals surface area contributed by atoms with Gasteiger partial charge in [0.15, 0.2) is 0 Å². The highest BCUT2D eigenvalue weighted by Gasteiger charge is 2.19. The molecule has 0 saturated heterocycles. The van der Waals surface area contributed by atoms with Gasteiger partial charge in [-0.1, -0.05) is 17.7 Å². The number of hydrogen-bond acceptors (Lipinski definition) is 5. The van der Waals surface area contributed by atoms with E-state index in [4.69, 9.17) is 16.0 Å². The summed E-state index contributed by atoms with van der Waals surface area (Å²) in [6, 6.07) is 9.68. The summed E-state index contributed by atoms with van der Waals surface area (Å²) in [6.07, 6.45) is 1.09. The molecule has 0 N–H and O–H groups in total. The van der Waals surface area contributed by atoms with Crippen molar-refractivity contribution in [2.75, 3.05) is 6.54 Å². The summed E-state index contributed by atoms with van der Waals surface area (Å²) in [4.78, 5) is 3.79. The third kappa shape index (κ3) is 2.79. The van der Waals surface area contributed by atoms with Gasteiger partial charge in [-0.15, -0.1) is 21.5 Å². The molecule has 1 aliphatic rings. The van der Waals surface area contributed by atoms with Crippen LogP contribution in [0.4, 0.5) is 0 Å². The van der Waals surface area contributed by atoms with E-state index in [0.29, 0.717) is 23.3 Å². The van der Waals surface area contributed by atoms with Crippen LogP contribution in [0.3, 0.4) is 0 Å². The molecule has 0 aliphatic carbocycles. The van der Waals surface area contributed by atoms with E-state index in [0.717, 1.165) is 25.1 Å². The van der Waals surface area contributed by atoms with Crippen LogP contribution >= 0.6 is 22.9 Å². The van der Waals surface area contributed by atoms with Crippen molar-refractivity contribution in [2.45, 2.75) is 19.5 Å². The second kappa shape index (κ2) is 5.83. The van der Waals surface area contributed by atoms with Gasteiger partial charge in [-0.3, -0.25) is 4.90 Å². The zero-order chi connectivity index (χ0) is 14.9. The van der Waals surface area contributed by atoms with E-state index < -0.39 is 0 Å². The molecular weight excluding hydrogens is 318 g/mol. The molecule has 2 aromatic heterocycles. The van der Waals surface area contributed by atoms with Crippen molar-refractivity contribution in [3.8, 4) is 11.5 Å². The number of nitrogens with zero attached hydrogens (tertiary/aromatic N) is 3. The Kier molecular flexibility index (Phi) is 3.70. The van der Waals surface area contributed by atoms with Crippen molar-refractivity contribution >= 4 is 22.9 Å². The molecule has 0 bridgehead atoms. The van der Waals surface area contributed by atoms with Gasteiger partial charge in [0.1, 0.15) is 0 Å².